The molecule has 0 saturated heterocycles. The average Bonchev–Trinajstić information content (AvgIpc) is 2.85. The fourth-order valence-electron chi connectivity index (χ4n) is 2.89. The van der Waals surface area contributed by atoms with Crippen molar-refractivity contribution < 1.29 is 0 Å². The number of rotatable bonds is 1. The maximum Gasteiger partial charge on any atom is 0.0472 e. The number of aromatic amines is 1. The first-order chi connectivity index (χ1) is 10.2. The number of hydrogen-bond acceptors (Lipinski definition) is 2. The van der Waals surface area contributed by atoms with Gasteiger partial charge in [0.2, 0.25) is 0 Å². The number of nitrogen functional groups attached to an aromatic ring is 2. The molecule has 4 aromatic rings. The van der Waals surface area contributed by atoms with Crippen LogP contribution in [-0.2, 0) is 0 Å². The molecule has 0 bridgehead atoms. The normalized spacial score (nSPS) is 11.2. The Morgan fingerprint density at radius 1 is 0.619 bits per heavy atom. The van der Waals surface area contributed by atoms with E-state index < -0.39 is 0 Å². The molecular weight excluding hydrogens is 258 g/mol. The molecule has 0 saturated carbocycles. The molecule has 0 aliphatic carbocycles. The molecule has 0 amide bonds. The Labute approximate surface area is 122 Å². The van der Waals surface area contributed by atoms with Crippen molar-refractivity contribution in [3.63, 3.8) is 0 Å². The second-order valence-electron chi connectivity index (χ2n) is 5.24. The molecule has 102 valence electrons. The van der Waals surface area contributed by atoms with E-state index in [2.05, 4.69) is 23.2 Å². The van der Waals surface area contributed by atoms with Crippen molar-refractivity contribution in [1.29, 1.82) is 0 Å². The Morgan fingerprint density at radius 2 is 1.38 bits per heavy atom. The Balaban J connectivity index is 2.06. The summed E-state index contributed by atoms with van der Waals surface area (Å²) >= 11 is 0. The van der Waals surface area contributed by atoms with Crippen molar-refractivity contribution in [1.82, 2.24) is 4.98 Å². The van der Waals surface area contributed by atoms with Gasteiger partial charge in [-0.1, -0.05) is 36.4 Å². The second kappa shape index (κ2) is 4.28. The zero-order valence-corrected chi connectivity index (χ0v) is 11.4. The van der Waals surface area contributed by atoms with Crippen LogP contribution in [0, 0.1) is 0 Å². The summed E-state index contributed by atoms with van der Waals surface area (Å²) < 4.78 is 0. The van der Waals surface area contributed by atoms with E-state index in [1.54, 1.807) is 0 Å². The highest BCUT2D eigenvalue weighted by molar-refractivity contribution is 6.10. The van der Waals surface area contributed by atoms with E-state index >= 15 is 0 Å². The number of nitrogens with one attached hydrogen (secondary N) is 1. The zero-order chi connectivity index (χ0) is 14.4. The van der Waals surface area contributed by atoms with Gasteiger partial charge in [-0.25, -0.2) is 0 Å². The number of anilines is 2. The molecule has 3 nitrogen and oxygen atoms in total. The van der Waals surface area contributed by atoms with Crippen LogP contribution in [0.4, 0.5) is 11.4 Å². The van der Waals surface area contributed by atoms with Gasteiger partial charge in [-0.05, 0) is 24.3 Å². The lowest BCUT2D eigenvalue weighted by Gasteiger charge is -2.09. The number of aromatic nitrogens is 1. The van der Waals surface area contributed by atoms with E-state index in [4.69, 9.17) is 11.5 Å². The average molecular weight is 273 g/mol. The standard InChI is InChI=1S/C18H15N3/c19-15-7-3-1-5-11(15)13-10-18-14(9-16(13)20)12-6-2-4-8-17(12)21-18/h1-10,21H,19-20H2. The number of fused-ring (bicyclic) bond motifs is 3. The summed E-state index contributed by atoms with van der Waals surface area (Å²) in [6, 6.07) is 20.1. The van der Waals surface area contributed by atoms with Gasteiger partial charge >= 0.3 is 0 Å². The molecule has 4 rings (SSSR count). The van der Waals surface area contributed by atoms with Gasteiger partial charge in [-0.15, -0.1) is 0 Å². The number of H-pyrrole nitrogens is 1. The summed E-state index contributed by atoms with van der Waals surface area (Å²) in [7, 11) is 0. The fraction of sp³-hybridized carbons (Fsp3) is 0. The molecule has 0 aliphatic heterocycles. The van der Waals surface area contributed by atoms with Crippen LogP contribution in [0.1, 0.15) is 0 Å². The molecule has 21 heavy (non-hydrogen) atoms. The molecule has 0 atom stereocenters. The highest BCUT2D eigenvalue weighted by Gasteiger charge is 2.10. The van der Waals surface area contributed by atoms with Gasteiger partial charge in [0.05, 0.1) is 0 Å². The molecule has 1 aromatic heterocycles. The molecule has 0 aliphatic rings. The van der Waals surface area contributed by atoms with Crippen LogP contribution in [0.15, 0.2) is 60.7 Å². The third-order valence-corrected chi connectivity index (χ3v) is 3.93. The molecule has 0 spiro atoms. The number of nitrogens with two attached hydrogens (primary N) is 2. The van der Waals surface area contributed by atoms with Gasteiger partial charge in [0.25, 0.3) is 0 Å². The monoisotopic (exact) mass is 273 g/mol. The van der Waals surface area contributed by atoms with Crippen molar-refractivity contribution in [2.45, 2.75) is 0 Å². The molecule has 1 heterocycles. The predicted octanol–water partition coefficient (Wildman–Crippen LogP) is 4.15. The largest absolute Gasteiger partial charge is 0.398 e. The lowest BCUT2D eigenvalue weighted by molar-refractivity contribution is 1.54. The molecule has 0 fully saturated rings. The Morgan fingerprint density at radius 3 is 2.24 bits per heavy atom. The predicted molar refractivity (Wildman–Crippen MR) is 90.1 cm³/mol. The maximum absolute atomic E-state index is 6.27. The third kappa shape index (κ3) is 1.75. The quantitative estimate of drug-likeness (QED) is 0.456. The topological polar surface area (TPSA) is 67.8 Å². The first kappa shape index (κ1) is 11.9. The van der Waals surface area contributed by atoms with Gasteiger partial charge in [0.15, 0.2) is 0 Å². The van der Waals surface area contributed by atoms with E-state index in [1.165, 1.54) is 5.39 Å². The Hall–Kier alpha value is -2.94. The van der Waals surface area contributed by atoms with Crippen LogP contribution in [0.25, 0.3) is 32.9 Å². The van der Waals surface area contributed by atoms with Crippen molar-refractivity contribution in [3.8, 4) is 11.1 Å². The van der Waals surface area contributed by atoms with E-state index in [0.717, 1.165) is 38.9 Å². The third-order valence-electron chi connectivity index (χ3n) is 3.93. The first-order valence-electron chi connectivity index (χ1n) is 6.89. The van der Waals surface area contributed by atoms with Gasteiger partial charge in [0, 0.05) is 44.3 Å². The first-order valence-corrected chi connectivity index (χ1v) is 6.89. The molecule has 3 heteroatoms. The summed E-state index contributed by atoms with van der Waals surface area (Å²) in [5.74, 6) is 0. The van der Waals surface area contributed by atoms with Gasteiger partial charge < -0.3 is 16.5 Å². The molecular formula is C18H15N3. The van der Waals surface area contributed by atoms with Crippen molar-refractivity contribution in [3.05, 3.63) is 60.7 Å². The van der Waals surface area contributed by atoms with Crippen LogP contribution in [0.3, 0.4) is 0 Å². The summed E-state index contributed by atoms with van der Waals surface area (Å²) in [6.45, 7) is 0. The van der Waals surface area contributed by atoms with Gasteiger partial charge in [-0.3, -0.25) is 0 Å². The Bertz CT molecular complexity index is 967. The van der Waals surface area contributed by atoms with E-state index in [9.17, 15) is 0 Å². The molecule has 5 N–H and O–H groups in total. The lowest BCUT2D eigenvalue weighted by atomic mass is 10.00. The summed E-state index contributed by atoms with van der Waals surface area (Å²) in [4.78, 5) is 3.44. The van der Waals surface area contributed by atoms with Crippen LogP contribution >= 0.6 is 0 Å². The zero-order valence-electron chi connectivity index (χ0n) is 11.4. The van der Waals surface area contributed by atoms with Crippen LogP contribution < -0.4 is 11.5 Å². The second-order valence-corrected chi connectivity index (χ2v) is 5.24. The fourth-order valence-corrected chi connectivity index (χ4v) is 2.89. The summed E-state index contributed by atoms with van der Waals surface area (Å²) in [5.41, 5.74) is 17.9. The van der Waals surface area contributed by atoms with Crippen LogP contribution in [0.2, 0.25) is 0 Å². The highest BCUT2D eigenvalue weighted by atomic mass is 14.7. The number of para-hydroxylation sites is 2. The SMILES string of the molecule is Nc1ccccc1-c1cc2[nH]c3ccccc3c2cc1N. The Kier molecular flexibility index (Phi) is 2.42. The number of hydrogen-bond donors (Lipinski definition) is 3. The minimum Gasteiger partial charge on any atom is -0.398 e. The van der Waals surface area contributed by atoms with Gasteiger partial charge in [0.1, 0.15) is 0 Å². The molecule has 0 radical (unpaired) electrons. The minimum absolute atomic E-state index is 0.736. The van der Waals surface area contributed by atoms with E-state index in [1.807, 2.05) is 42.5 Å². The smallest absolute Gasteiger partial charge is 0.0472 e. The molecule has 0 unspecified atom stereocenters. The summed E-state index contributed by atoms with van der Waals surface area (Å²) in [6.07, 6.45) is 0. The summed E-state index contributed by atoms with van der Waals surface area (Å²) in [5, 5.41) is 2.33. The minimum atomic E-state index is 0.736. The maximum atomic E-state index is 6.27. The van der Waals surface area contributed by atoms with E-state index in [-0.39, 0.29) is 0 Å². The van der Waals surface area contributed by atoms with Crippen LogP contribution in [0.5, 0.6) is 0 Å². The van der Waals surface area contributed by atoms with Crippen molar-refractivity contribution >= 4 is 33.2 Å². The lowest BCUT2D eigenvalue weighted by Crippen LogP contribution is -1.94. The van der Waals surface area contributed by atoms with E-state index in [0.29, 0.717) is 0 Å². The van der Waals surface area contributed by atoms with Crippen LogP contribution in [-0.4, -0.2) is 4.98 Å². The van der Waals surface area contributed by atoms with Crippen molar-refractivity contribution in [2.75, 3.05) is 11.5 Å². The van der Waals surface area contributed by atoms with Crippen molar-refractivity contribution in [2.24, 2.45) is 0 Å². The molecule has 3 aromatic carbocycles. The number of benzene rings is 3. The van der Waals surface area contributed by atoms with Gasteiger partial charge in [-0.2, -0.15) is 0 Å². The highest BCUT2D eigenvalue weighted by Crippen LogP contribution is 2.36.